The quantitative estimate of drug-likeness (QED) is 0.363. The standard InChI is InChI=1S/C26H21F5/c1-2-3-4-15-9-24(30)26(25(31)10-15)18-6-5-16-12-20(22(28)14-19(16)11-18)17-7-8-21(27)23(29)13-17/h7-14H,2-6H2,1H3. The predicted octanol–water partition coefficient (Wildman–Crippen LogP) is 7.88. The predicted molar refractivity (Wildman–Crippen MR) is 113 cm³/mol. The molecular formula is C26H21F5. The van der Waals surface area contributed by atoms with Crippen LogP contribution in [0.3, 0.4) is 0 Å². The van der Waals surface area contributed by atoms with Gasteiger partial charge in [-0.2, -0.15) is 0 Å². The smallest absolute Gasteiger partial charge is 0.159 e. The molecule has 0 atom stereocenters. The van der Waals surface area contributed by atoms with Crippen molar-refractivity contribution < 1.29 is 22.0 Å². The molecule has 0 aliphatic heterocycles. The Labute approximate surface area is 178 Å². The SMILES string of the molecule is CCCCc1cc(F)c(C2=Cc3cc(F)c(-c4ccc(F)c(F)c4)cc3CC2)c(F)c1. The van der Waals surface area contributed by atoms with Gasteiger partial charge < -0.3 is 0 Å². The largest absolute Gasteiger partial charge is 0.206 e. The number of rotatable bonds is 5. The average molecular weight is 428 g/mol. The maximum absolute atomic E-state index is 14.8. The molecule has 3 aromatic rings. The first-order valence-corrected chi connectivity index (χ1v) is 10.3. The van der Waals surface area contributed by atoms with E-state index in [9.17, 15) is 22.0 Å². The van der Waals surface area contributed by atoms with Crippen molar-refractivity contribution in [3.05, 3.63) is 93.8 Å². The molecule has 31 heavy (non-hydrogen) atoms. The first-order chi connectivity index (χ1) is 14.9. The molecule has 0 bridgehead atoms. The van der Waals surface area contributed by atoms with Gasteiger partial charge in [-0.15, -0.1) is 0 Å². The van der Waals surface area contributed by atoms with Gasteiger partial charge in [0.25, 0.3) is 0 Å². The molecule has 0 spiro atoms. The zero-order chi connectivity index (χ0) is 22.1. The minimum Gasteiger partial charge on any atom is -0.206 e. The summed E-state index contributed by atoms with van der Waals surface area (Å²) in [5.74, 6) is -3.89. The zero-order valence-electron chi connectivity index (χ0n) is 17.0. The molecule has 0 N–H and O–H groups in total. The molecule has 0 radical (unpaired) electrons. The van der Waals surface area contributed by atoms with Gasteiger partial charge in [-0.1, -0.05) is 25.5 Å². The number of aryl methyl sites for hydroxylation is 2. The van der Waals surface area contributed by atoms with Crippen molar-refractivity contribution in [1.82, 2.24) is 0 Å². The van der Waals surface area contributed by atoms with Crippen LogP contribution in [0.15, 0.2) is 42.5 Å². The van der Waals surface area contributed by atoms with Gasteiger partial charge >= 0.3 is 0 Å². The monoisotopic (exact) mass is 428 g/mol. The maximum atomic E-state index is 14.8. The van der Waals surface area contributed by atoms with Crippen molar-refractivity contribution in [2.75, 3.05) is 0 Å². The van der Waals surface area contributed by atoms with Crippen LogP contribution >= 0.6 is 0 Å². The van der Waals surface area contributed by atoms with E-state index in [1.165, 1.54) is 24.3 Å². The lowest BCUT2D eigenvalue weighted by Gasteiger charge is -2.20. The van der Waals surface area contributed by atoms with Crippen LogP contribution in [0.1, 0.15) is 48.4 Å². The van der Waals surface area contributed by atoms with Crippen molar-refractivity contribution in [2.24, 2.45) is 0 Å². The Bertz CT molecular complexity index is 1150. The fourth-order valence-corrected chi connectivity index (χ4v) is 4.05. The first kappa shape index (κ1) is 21.3. The van der Waals surface area contributed by atoms with E-state index in [0.29, 0.717) is 36.0 Å². The van der Waals surface area contributed by atoms with Crippen molar-refractivity contribution in [3.63, 3.8) is 0 Å². The Morgan fingerprint density at radius 2 is 1.48 bits per heavy atom. The van der Waals surface area contributed by atoms with Crippen LogP contribution in [0.2, 0.25) is 0 Å². The summed E-state index contributed by atoms with van der Waals surface area (Å²) >= 11 is 0. The second-order valence-electron chi connectivity index (χ2n) is 7.87. The molecule has 5 heteroatoms. The first-order valence-electron chi connectivity index (χ1n) is 10.3. The molecular weight excluding hydrogens is 407 g/mol. The number of fused-ring (bicyclic) bond motifs is 1. The lowest BCUT2D eigenvalue weighted by Crippen LogP contribution is -2.05. The lowest BCUT2D eigenvalue weighted by atomic mass is 9.86. The fraction of sp³-hybridized carbons (Fsp3) is 0.231. The highest BCUT2D eigenvalue weighted by atomic mass is 19.2. The molecule has 0 unspecified atom stereocenters. The highest BCUT2D eigenvalue weighted by molar-refractivity contribution is 5.86. The third-order valence-electron chi connectivity index (χ3n) is 5.69. The van der Waals surface area contributed by atoms with E-state index in [4.69, 9.17) is 0 Å². The second-order valence-corrected chi connectivity index (χ2v) is 7.87. The Kier molecular flexibility index (Phi) is 5.94. The van der Waals surface area contributed by atoms with Gasteiger partial charge in [-0.05, 0) is 89.9 Å². The molecule has 0 amide bonds. The Morgan fingerprint density at radius 1 is 0.742 bits per heavy atom. The van der Waals surface area contributed by atoms with Gasteiger partial charge in [0.15, 0.2) is 11.6 Å². The van der Waals surface area contributed by atoms with Crippen LogP contribution < -0.4 is 0 Å². The minimum atomic E-state index is -1.05. The van der Waals surface area contributed by atoms with Gasteiger partial charge in [0.1, 0.15) is 17.5 Å². The van der Waals surface area contributed by atoms with Crippen LogP contribution in [-0.2, 0) is 12.8 Å². The van der Waals surface area contributed by atoms with E-state index in [2.05, 4.69) is 0 Å². The van der Waals surface area contributed by atoms with Gasteiger partial charge in [0, 0.05) is 11.1 Å². The lowest BCUT2D eigenvalue weighted by molar-refractivity contribution is 0.509. The second kappa shape index (κ2) is 8.66. The van der Waals surface area contributed by atoms with Crippen molar-refractivity contribution in [2.45, 2.75) is 39.0 Å². The third kappa shape index (κ3) is 4.27. The molecule has 3 aromatic carbocycles. The highest BCUT2D eigenvalue weighted by Crippen LogP contribution is 2.36. The van der Waals surface area contributed by atoms with Gasteiger partial charge in [-0.3, -0.25) is 0 Å². The summed E-state index contributed by atoms with van der Waals surface area (Å²) in [5.41, 5.74) is 2.73. The molecule has 0 saturated carbocycles. The third-order valence-corrected chi connectivity index (χ3v) is 5.69. The number of halogens is 5. The van der Waals surface area contributed by atoms with E-state index in [1.807, 2.05) is 6.92 Å². The molecule has 0 heterocycles. The van der Waals surface area contributed by atoms with Crippen LogP contribution in [-0.4, -0.2) is 0 Å². The van der Waals surface area contributed by atoms with Gasteiger partial charge in [0.05, 0.1) is 0 Å². The van der Waals surface area contributed by atoms with E-state index in [-0.39, 0.29) is 16.7 Å². The summed E-state index contributed by atoms with van der Waals surface area (Å²) < 4.78 is 71.0. The summed E-state index contributed by atoms with van der Waals surface area (Å²) in [4.78, 5) is 0. The normalized spacial score (nSPS) is 13.2. The van der Waals surface area contributed by atoms with Crippen LogP contribution in [0.4, 0.5) is 22.0 Å². The Hall–Kier alpha value is -2.95. The number of hydrogen-bond donors (Lipinski definition) is 0. The number of benzene rings is 3. The topological polar surface area (TPSA) is 0 Å². The van der Waals surface area contributed by atoms with Gasteiger partial charge in [-0.25, -0.2) is 22.0 Å². The van der Waals surface area contributed by atoms with Crippen LogP contribution in [0.25, 0.3) is 22.8 Å². The highest BCUT2D eigenvalue weighted by Gasteiger charge is 2.21. The number of unbranched alkanes of at least 4 members (excludes halogenated alkanes) is 1. The molecule has 4 rings (SSSR count). The molecule has 1 aliphatic rings. The van der Waals surface area contributed by atoms with Crippen molar-refractivity contribution in [3.8, 4) is 11.1 Å². The molecule has 0 saturated heterocycles. The van der Waals surface area contributed by atoms with E-state index < -0.39 is 29.1 Å². The Morgan fingerprint density at radius 3 is 2.16 bits per heavy atom. The number of allylic oxidation sites excluding steroid dienone is 1. The minimum absolute atomic E-state index is 0.0732. The molecule has 0 nitrogen and oxygen atoms in total. The molecule has 1 aliphatic carbocycles. The zero-order valence-corrected chi connectivity index (χ0v) is 17.0. The summed E-state index contributed by atoms with van der Waals surface area (Å²) in [7, 11) is 0. The summed E-state index contributed by atoms with van der Waals surface area (Å²) in [6, 6.07) is 8.83. The van der Waals surface area contributed by atoms with Crippen molar-refractivity contribution >= 4 is 11.6 Å². The molecule has 160 valence electrons. The van der Waals surface area contributed by atoms with E-state index >= 15 is 0 Å². The molecule has 0 aromatic heterocycles. The summed E-state index contributed by atoms with van der Waals surface area (Å²) in [6.07, 6.45) is 4.85. The number of hydrogen-bond acceptors (Lipinski definition) is 0. The molecule has 0 fully saturated rings. The fourth-order valence-electron chi connectivity index (χ4n) is 4.05. The Balaban J connectivity index is 1.71. The summed E-state index contributed by atoms with van der Waals surface area (Å²) in [6.45, 7) is 2.02. The maximum Gasteiger partial charge on any atom is 0.159 e. The van der Waals surface area contributed by atoms with Gasteiger partial charge in [0.2, 0.25) is 0 Å². The van der Waals surface area contributed by atoms with E-state index in [1.54, 1.807) is 12.1 Å². The summed E-state index contributed by atoms with van der Waals surface area (Å²) in [5, 5.41) is 0. The average Bonchev–Trinajstić information content (AvgIpc) is 2.73. The van der Waals surface area contributed by atoms with E-state index in [0.717, 1.165) is 30.5 Å². The van der Waals surface area contributed by atoms with Crippen molar-refractivity contribution in [1.29, 1.82) is 0 Å². The van der Waals surface area contributed by atoms with Crippen LogP contribution in [0, 0.1) is 29.1 Å². The van der Waals surface area contributed by atoms with Crippen LogP contribution in [0.5, 0.6) is 0 Å².